The molecule has 0 aromatic heterocycles. The SMILES string of the molecule is COc1ccc(CC(=O)O)cc1NS(=O)[O-]. The first-order valence-corrected chi connectivity index (χ1v) is 5.35. The van der Waals surface area contributed by atoms with Gasteiger partial charge in [0.2, 0.25) is 0 Å². The molecule has 7 heteroatoms. The minimum Gasteiger partial charge on any atom is -0.755 e. The normalized spacial score (nSPS) is 11.9. The Bertz CT molecular complexity index is 420. The van der Waals surface area contributed by atoms with E-state index in [0.717, 1.165) is 0 Å². The molecule has 1 aromatic rings. The molecule has 1 atom stereocenters. The van der Waals surface area contributed by atoms with E-state index in [-0.39, 0.29) is 12.1 Å². The standard InChI is InChI=1S/C9H11NO5S/c1-15-8-3-2-6(5-9(11)12)4-7(8)10-16(13)14/h2-4,10H,5H2,1H3,(H,11,12)(H,13,14)/p-1. The fraction of sp³-hybridized carbons (Fsp3) is 0.222. The molecular formula is C9H10NO5S-. The van der Waals surface area contributed by atoms with Crippen LogP contribution in [0, 0.1) is 0 Å². The summed E-state index contributed by atoms with van der Waals surface area (Å²) in [4.78, 5) is 10.5. The summed E-state index contributed by atoms with van der Waals surface area (Å²) in [6.45, 7) is 0. The van der Waals surface area contributed by atoms with Crippen LogP contribution in [0.4, 0.5) is 5.69 Å². The summed E-state index contributed by atoms with van der Waals surface area (Å²) >= 11 is -2.48. The van der Waals surface area contributed by atoms with Gasteiger partial charge in [-0.1, -0.05) is 6.07 Å². The first kappa shape index (κ1) is 12.5. The molecule has 1 unspecified atom stereocenters. The largest absolute Gasteiger partial charge is 0.755 e. The second kappa shape index (κ2) is 5.47. The molecule has 1 aromatic carbocycles. The summed E-state index contributed by atoms with van der Waals surface area (Å²) in [6.07, 6.45) is -0.176. The smallest absolute Gasteiger partial charge is 0.307 e. The van der Waals surface area contributed by atoms with E-state index >= 15 is 0 Å². The maximum Gasteiger partial charge on any atom is 0.307 e. The van der Waals surface area contributed by atoms with Crippen molar-refractivity contribution in [2.24, 2.45) is 0 Å². The van der Waals surface area contributed by atoms with Crippen LogP contribution in [0.1, 0.15) is 5.56 Å². The van der Waals surface area contributed by atoms with E-state index in [1.165, 1.54) is 19.2 Å². The fourth-order valence-electron chi connectivity index (χ4n) is 1.21. The number of methoxy groups -OCH3 is 1. The van der Waals surface area contributed by atoms with E-state index < -0.39 is 17.2 Å². The Hall–Kier alpha value is -1.60. The lowest BCUT2D eigenvalue weighted by Crippen LogP contribution is -2.06. The van der Waals surface area contributed by atoms with E-state index in [1.807, 2.05) is 0 Å². The van der Waals surface area contributed by atoms with Crippen molar-refractivity contribution in [2.75, 3.05) is 11.8 Å². The molecule has 0 spiro atoms. The second-order valence-electron chi connectivity index (χ2n) is 2.94. The van der Waals surface area contributed by atoms with E-state index in [4.69, 9.17) is 9.84 Å². The van der Waals surface area contributed by atoms with Gasteiger partial charge in [-0.3, -0.25) is 9.00 Å². The number of aliphatic carboxylic acids is 1. The average Bonchev–Trinajstić information content (AvgIpc) is 2.16. The number of ether oxygens (including phenoxy) is 1. The molecule has 0 saturated carbocycles. The van der Waals surface area contributed by atoms with Gasteiger partial charge in [0.05, 0.1) is 19.2 Å². The van der Waals surface area contributed by atoms with Crippen LogP contribution in [0.2, 0.25) is 0 Å². The topological polar surface area (TPSA) is 98.7 Å². The predicted molar refractivity (Wildman–Crippen MR) is 56.9 cm³/mol. The number of hydrogen-bond acceptors (Lipinski definition) is 4. The predicted octanol–water partition coefficient (Wildman–Crippen LogP) is 0.528. The van der Waals surface area contributed by atoms with Crippen LogP contribution in [-0.4, -0.2) is 26.9 Å². The summed E-state index contributed by atoms with van der Waals surface area (Å²) in [7, 11) is 1.39. The van der Waals surface area contributed by atoms with Gasteiger partial charge in [-0.2, -0.15) is 0 Å². The van der Waals surface area contributed by atoms with Gasteiger partial charge in [0.25, 0.3) is 0 Å². The van der Waals surface area contributed by atoms with Gasteiger partial charge in [0.15, 0.2) is 0 Å². The van der Waals surface area contributed by atoms with Crippen LogP contribution in [0.3, 0.4) is 0 Å². The Morgan fingerprint density at radius 3 is 2.81 bits per heavy atom. The number of carbonyl (C=O) groups is 1. The fourth-order valence-corrected chi connectivity index (χ4v) is 1.55. The van der Waals surface area contributed by atoms with Crippen LogP contribution in [0.5, 0.6) is 5.75 Å². The van der Waals surface area contributed by atoms with Crippen molar-refractivity contribution in [3.8, 4) is 5.75 Å². The van der Waals surface area contributed by atoms with Crippen molar-refractivity contribution in [3.63, 3.8) is 0 Å². The quantitative estimate of drug-likeness (QED) is 0.736. The third-order valence-corrected chi connectivity index (χ3v) is 2.20. The zero-order valence-electron chi connectivity index (χ0n) is 8.43. The zero-order chi connectivity index (χ0) is 12.1. The van der Waals surface area contributed by atoms with Crippen LogP contribution >= 0.6 is 0 Å². The number of rotatable bonds is 5. The molecule has 0 amide bonds. The molecule has 6 nitrogen and oxygen atoms in total. The van der Waals surface area contributed by atoms with Crippen molar-refractivity contribution in [3.05, 3.63) is 23.8 Å². The van der Waals surface area contributed by atoms with E-state index in [0.29, 0.717) is 11.3 Å². The van der Waals surface area contributed by atoms with Crippen molar-refractivity contribution in [1.29, 1.82) is 0 Å². The van der Waals surface area contributed by atoms with Crippen molar-refractivity contribution >= 4 is 22.9 Å². The highest BCUT2D eigenvalue weighted by Crippen LogP contribution is 2.25. The molecule has 0 bridgehead atoms. The number of anilines is 1. The Kier molecular flexibility index (Phi) is 4.27. The van der Waals surface area contributed by atoms with Gasteiger partial charge in [0.1, 0.15) is 5.75 Å². The number of carboxylic acids is 1. The average molecular weight is 244 g/mol. The molecule has 88 valence electrons. The molecule has 0 aliphatic carbocycles. The first-order chi connectivity index (χ1) is 7.52. The summed E-state index contributed by atoms with van der Waals surface area (Å²) < 4.78 is 28.0. The van der Waals surface area contributed by atoms with Crippen LogP contribution < -0.4 is 9.46 Å². The molecule has 0 aliphatic rings. The van der Waals surface area contributed by atoms with Gasteiger partial charge in [-0.25, -0.2) is 0 Å². The molecule has 0 aliphatic heterocycles. The zero-order valence-corrected chi connectivity index (χ0v) is 9.24. The van der Waals surface area contributed by atoms with Gasteiger partial charge >= 0.3 is 5.97 Å². The molecule has 2 N–H and O–H groups in total. The molecule has 0 fully saturated rings. The van der Waals surface area contributed by atoms with Gasteiger partial charge in [0, 0.05) is 11.3 Å². The van der Waals surface area contributed by atoms with Crippen LogP contribution in [0.25, 0.3) is 0 Å². The highest BCUT2D eigenvalue weighted by atomic mass is 32.2. The molecular weight excluding hydrogens is 234 g/mol. The number of hydrogen-bond donors (Lipinski definition) is 2. The van der Waals surface area contributed by atoms with Gasteiger partial charge < -0.3 is 19.1 Å². The lowest BCUT2D eigenvalue weighted by atomic mass is 10.1. The number of benzene rings is 1. The first-order valence-electron chi connectivity index (χ1n) is 4.27. The number of nitrogens with one attached hydrogen (secondary N) is 1. The highest BCUT2D eigenvalue weighted by Gasteiger charge is 2.06. The lowest BCUT2D eigenvalue weighted by Gasteiger charge is -2.13. The third kappa shape index (κ3) is 3.52. The summed E-state index contributed by atoms with van der Waals surface area (Å²) in [5.41, 5.74) is 0.704. The maximum absolute atomic E-state index is 10.5. The Labute approximate surface area is 94.7 Å². The summed E-state index contributed by atoms with van der Waals surface area (Å²) in [6, 6.07) is 4.49. The van der Waals surface area contributed by atoms with Crippen LogP contribution in [0.15, 0.2) is 18.2 Å². The minimum atomic E-state index is -2.48. The van der Waals surface area contributed by atoms with Gasteiger partial charge in [-0.05, 0) is 17.7 Å². The third-order valence-electron chi connectivity index (χ3n) is 1.81. The second-order valence-corrected chi connectivity index (χ2v) is 3.62. The lowest BCUT2D eigenvalue weighted by molar-refractivity contribution is -0.136. The molecule has 0 saturated heterocycles. The monoisotopic (exact) mass is 244 g/mol. The van der Waals surface area contributed by atoms with Crippen molar-refractivity contribution in [2.45, 2.75) is 6.42 Å². The van der Waals surface area contributed by atoms with E-state index in [9.17, 15) is 13.6 Å². The Balaban J connectivity index is 3.00. The summed E-state index contributed by atoms with van der Waals surface area (Å²) in [5, 5.41) is 8.59. The van der Waals surface area contributed by atoms with Gasteiger partial charge in [-0.15, -0.1) is 0 Å². The molecule has 16 heavy (non-hydrogen) atoms. The molecule has 0 heterocycles. The Morgan fingerprint density at radius 2 is 2.31 bits per heavy atom. The molecule has 0 radical (unpaired) electrons. The van der Waals surface area contributed by atoms with Crippen LogP contribution in [-0.2, 0) is 22.5 Å². The highest BCUT2D eigenvalue weighted by molar-refractivity contribution is 7.80. The van der Waals surface area contributed by atoms with E-state index in [2.05, 4.69) is 4.72 Å². The Morgan fingerprint density at radius 1 is 1.62 bits per heavy atom. The number of carboxylic acid groups (broad SMARTS) is 1. The summed E-state index contributed by atoms with van der Waals surface area (Å²) in [5.74, 6) is -0.655. The van der Waals surface area contributed by atoms with E-state index in [1.54, 1.807) is 6.07 Å². The minimum absolute atomic E-state index is 0.176. The van der Waals surface area contributed by atoms with Crippen molar-refractivity contribution < 1.29 is 23.4 Å². The maximum atomic E-state index is 10.5. The van der Waals surface area contributed by atoms with Crippen molar-refractivity contribution in [1.82, 2.24) is 0 Å². The molecule has 1 rings (SSSR count).